The lowest BCUT2D eigenvalue weighted by atomic mass is 9.92. The topological polar surface area (TPSA) is 54.7 Å². The van der Waals surface area contributed by atoms with Crippen LogP contribution in [-0.2, 0) is 5.41 Å². The summed E-state index contributed by atoms with van der Waals surface area (Å²) >= 11 is 0. The second kappa shape index (κ2) is 2.74. The molecule has 2 heterocycles. The molecule has 3 N–H and O–H groups in total. The summed E-state index contributed by atoms with van der Waals surface area (Å²) in [5, 5.41) is 1.13. The number of H-pyrrole nitrogens is 1. The van der Waals surface area contributed by atoms with Gasteiger partial charge in [0.25, 0.3) is 0 Å². The Bertz CT molecular complexity index is 463. The first-order valence-electron chi connectivity index (χ1n) is 4.71. The molecule has 2 aromatic rings. The molecule has 0 aliphatic rings. The SMILES string of the molecule is CC(C)(C)c1cc2cc(N)ncc2[nH]1. The van der Waals surface area contributed by atoms with Gasteiger partial charge in [0.15, 0.2) is 0 Å². The van der Waals surface area contributed by atoms with Crippen LogP contribution in [-0.4, -0.2) is 9.97 Å². The summed E-state index contributed by atoms with van der Waals surface area (Å²) in [5.41, 5.74) is 8.00. The molecule has 74 valence electrons. The van der Waals surface area contributed by atoms with E-state index in [1.165, 1.54) is 5.69 Å². The van der Waals surface area contributed by atoms with Crippen LogP contribution in [0, 0.1) is 0 Å². The Morgan fingerprint density at radius 1 is 1.29 bits per heavy atom. The highest BCUT2D eigenvalue weighted by Crippen LogP contribution is 2.25. The number of nitrogens with zero attached hydrogens (tertiary/aromatic N) is 1. The zero-order valence-electron chi connectivity index (χ0n) is 8.76. The molecule has 3 nitrogen and oxygen atoms in total. The van der Waals surface area contributed by atoms with Gasteiger partial charge >= 0.3 is 0 Å². The Hall–Kier alpha value is -1.51. The van der Waals surface area contributed by atoms with E-state index in [9.17, 15) is 0 Å². The van der Waals surface area contributed by atoms with Crippen LogP contribution < -0.4 is 5.73 Å². The zero-order chi connectivity index (χ0) is 10.3. The van der Waals surface area contributed by atoms with Crippen LogP contribution in [0.5, 0.6) is 0 Å². The highest BCUT2D eigenvalue weighted by atomic mass is 14.8. The fourth-order valence-corrected chi connectivity index (χ4v) is 1.45. The van der Waals surface area contributed by atoms with E-state index in [0.29, 0.717) is 5.82 Å². The fraction of sp³-hybridized carbons (Fsp3) is 0.364. The molecule has 0 saturated carbocycles. The fourth-order valence-electron chi connectivity index (χ4n) is 1.45. The largest absolute Gasteiger partial charge is 0.384 e. The number of aromatic amines is 1. The Kier molecular flexibility index (Phi) is 1.77. The van der Waals surface area contributed by atoms with Crippen molar-refractivity contribution in [3.63, 3.8) is 0 Å². The molecule has 0 atom stereocenters. The van der Waals surface area contributed by atoms with E-state index in [1.54, 1.807) is 6.20 Å². The second-order valence-electron chi connectivity index (χ2n) is 4.63. The smallest absolute Gasteiger partial charge is 0.124 e. The molecule has 0 radical (unpaired) electrons. The van der Waals surface area contributed by atoms with Gasteiger partial charge in [-0.2, -0.15) is 0 Å². The number of nitrogens with two attached hydrogens (primary N) is 1. The minimum absolute atomic E-state index is 0.133. The molecule has 0 spiro atoms. The van der Waals surface area contributed by atoms with Crippen molar-refractivity contribution in [3.05, 3.63) is 24.0 Å². The molecule has 0 aliphatic heterocycles. The highest BCUT2D eigenvalue weighted by Gasteiger charge is 2.16. The number of nitrogens with one attached hydrogen (secondary N) is 1. The summed E-state index contributed by atoms with van der Waals surface area (Å²) in [7, 11) is 0. The maximum atomic E-state index is 5.62. The van der Waals surface area contributed by atoms with E-state index in [-0.39, 0.29) is 5.41 Å². The van der Waals surface area contributed by atoms with Crippen LogP contribution in [0.4, 0.5) is 5.82 Å². The summed E-state index contributed by atoms with van der Waals surface area (Å²) in [6.07, 6.45) is 1.78. The highest BCUT2D eigenvalue weighted by molar-refractivity contribution is 5.82. The molecule has 0 aromatic carbocycles. The number of aromatic nitrogens is 2. The Morgan fingerprint density at radius 3 is 2.64 bits per heavy atom. The average Bonchev–Trinajstić information content (AvgIpc) is 2.45. The standard InChI is InChI=1S/C11H15N3/c1-11(2,3)9-4-7-5-10(12)13-6-8(7)14-9/h4-6,14H,1-3H3,(H2,12,13). The minimum atomic E-state index is 0.133. The molecular formula is C11H15N3. The molecule has 3 heteroatoms. The normalized spacial score (nSPS) is 12.2. The second-order valence-corrected chi connectivity index (χ2v) is 4.63. The molecule has 2 aromatic heterocycles. The van der Waals surface area contributed by atoms with Crippen molar-refractivity contribution in [2.24, 2.45) is 0 Å². The Labute approximate surface area is 83.3 Å². The van der Waals surface area contributed by atoms with E-state index < -0.39 is 0 Å². The third kappa shape index (κ3) is 1.45. The van der Waals surface area contributed by atoms with Crippen LogP contribution in [0.2, 0.25) is 0 Å². The molecular weight excluding hydrogens is 174 g/mol. The molecule has 2 rings (SSSR count). The van der Waals surface area contributed by atoms with E-state index in [1.807, 2.05) is 6.07 Å². The first-order chi connectivity index (χ1) is 6.47. The third-order valence-electron chi connectivity index (χ3n) is 2.33. The maximum absolute atomic E-state index is 5.62. The number of fused-ring (bicyclic) bond motifs is 1. The zero-order valence-corrected chi connectivity index (χ0v) is 8.76. The van der Waals surface area contributed by atoms with Gasteiger partial charge in [-0.05, 0) is 12.1 Å². The quantitative estimate of drug-likeness (QED) is 0.668. The molecule has 0 saturated heterocycles. The first-order valence-corrected chi connectivity index (χ1v) is 4.71. The predicted octanol–water partition coefficient (Wildman–Crippen LogP) is 2.44. The van der Waals surface area contributed by atoms with Gasteiger partial charge in [0.1, 0.15) is 5.82 Å². The van der Waals surface area contributed by atoms with Crippen LogP contribution in [0.3, 0.4) is 0 Å². The van der Waals surface area contributed by atoms with Gasteiger partial charge in [-0.3, -0.25) is 0 Å². The lowest BCUT2D eigenvalue weighted by Gasteiger charge is -2.15. The van der Waals surface area contributed by atoms with Gasteiger partial charge in [0.05, 0.1) is 11.7 Å². The Balaban J connectivity index is 2.63. The molecule has 0 unspecified atom stereocenters. The van der Waals surface area contributed by atoms with Gasteiger partial charge in [0, 0.05) is 16.5 Å². The van der Waals surface area contributed by atoms with E-state index in [4.69, 9.17) is 5.73 Å². The van der Waals surface area contributed by atoms with Gasteiger partial charge in [0.2, 0.25) is 0 Å². The van der Waals surface area contributed by atoms with Crippen molar-refractivity contribution >= 4 is 16.7 Å². The minimum Gasteiger partial charge on any atom is -0.384 e. The number of rotatable bonds is 0. The van der Waals surface area contributed by atoms with Crippen LogP contribution in [0.15, 0.2) is 18.3 Å². The summed E-state index contributed by atoms with van der Waals surface area (Å²) < 4.78 is 0. The van der Waals surface area contributed by atoms with Crippen molar-refractivity contribution in [1.29, 1.82) is 0 Å². The lowest BCUT2D eigenvalue weighted by molar-refractivity contribution is 0.574. The molecule has 0 aliphatic carbocycles. The number of hydrogen-bond donors (Lipinski definition) is 2. The molecule has 14 heavy (non-hydrogen) atoms. The van der Waals surface area contributed by atoms with Crippen LogP contribution in [0.1, 0.15) is 26.5 Å². The van der Waals surface area contributed by atoms with E-state index >= 15 is 0 Å². The molecule has 0 fully saturated rings. The monoisotopic (exact) mass is 189 g/mol. The lowest BCUT2D eigenvalue weighted by Crippen LogP contribution is -2.10. The predicted molar refractivity (Wildman–Crippen MR) is 59.2 cm³/mol. The molecule has 0 bridgehead atoms. The summed E-state index contributed by atoms with van der Waals surface area (Å²) in [5.74, 6) is 0.567. The number of pyridine rings is 1. The van der Waals surface area contributed by atoms with Crippen molar-refractivity contribution < 1.29 is 0 Å². The van der Waals surface area contributed by atoms with Crippen molar-refractivity contribution in [1.82, 2.24) is 9.97 Å². The summed E-state index contributed by atoms with van der Waals surface area (Å²) in [6.45, 7) is 6.53. The third-order valence-corrected chi connectivity index (χ3v) is 2.33. The van der Waals surface area contributed by atoms with Crippen molar-refractivity contribution in [3.8, 4) is 0 Å². The van der Waals surface area contributed by atoms with Gasteiger partial charge in [-0.1, -0.05) is 20.8 Å². The summed E-state index contributed by atoms with van der Waals surface area (Å²) in [4.78, 5) is 7.39. The number of nitrogen functional groups attached to an aromatic ring is 1. The van der Waals surface area contributed by atoms with Crippen molar-refractivity contribution in [2.45, 2.75) is 26.2 Å². The summed E-state index contributed by atoms with van der Waals surface area (Å²) in [6, 6.07) is 4.02. The average molecular weight is 189 g/mol. The van der Waals surface area contributed by atoms with Gasteiger partial charge < -0.3 is 10.7 Å². The van der Waals surface area contributed by atoms with E-state index in [2.05, 4.69) is 36.8 Å². The van der Waals surface area contributed by atoms with E-state index in [0.717, 1.165) is 10.9 Å². The number of anilines is 1. The van der Waals surface area contributed by atoms with Gasteiger partial charge in [-0.15, -0.1) is 0 Å². The van der Waals surface area contributed by atoms with Gasteiger partial charge in [-0.25, -0.2) is 4.98 Å². The maximum Gasteiger partial charge on any atom is 0.124 e. The van der Waals surface area contributed by atoms with Crippen molar-refractivity contribution in [2.75, 3.05) is 5.73 Å². The molecule has 0 amide bonds. The first kappa shape index (κ1) is 9.06. The van der Waals surface area contributed by atoms with Crippen LogP contribution >= 0.6 is 0 Å². The number of hydrogen-bond acceptors (Lipinski definition) is 2. The van der Waals surface area contributed by atoms with Crippen LogP contribution in [0.25, 0.3) is 10.9 Å². The Morgan fingerprint density at radius 2 is 2.00 bits per heavy atom.